The van der Waals surface area contributed by atoms with Crippen LogP contribution in [0.5, 0.6) is 0 Å². The summed E-state index contributed by atoms with van der Waals surface area (Å²) in [6.45, 7) is 11.5. The van der Waals surface area contributed by atoms with Gasteiger partial charge in [0.15, 0.2) is 0 Å². The van der Waals surface area contributed by atoms with E-state index in [9.17, 15) is 0 Å². The fraction of sp³-hybridized carbons (Fsp3) is 0.867. The van der Waals surface area contributed by atoms with Gasteiger partial charge in [0.25, 0.3) is 0 Å². The molecule has 20 heavy (non-hydrogen) atoms. The van der Waals surface area contributed by atoms with Gasteiger partial charge in [-0.2, -0.15) is 0 Å². The van der Waals surface area contributed by atoms with Gasteiger partial charge in [0.1, 0.15) is 0 Å². The molecular formula is C15H28N4O. The highest BCUT2D eigenvalue weighted by Crippen LogP contribution is 2.38. The molecule has 0 radical (unpaired) electrons. The van der Waals surface area contributed by atoms with E-state index in [2.05, 4.69) is 48.1 Å². The van der Waals surface area contributed by atoms with Crippen LogP contribution < -0.4 is 10.2 Å². The number of rotatable bonds is 6. The number of hydrogen-bond acceptors (Lipinski definition) is 5. The van der Waals surface area contributed by atoms with Crippen molar-refractivity contribution in [2.45, 2.75) is 66.0 Å². The Bertz CT molecular complexity index is 402. The SMILES string of the molecule is CCC1(CC)CCN(c2nnc(CNC(C)C)o2)CC1. The normalized spacial score (nSPS) is 18.8. The summed E-state index contributed by atoms with van der Waals surface area (Å²) in [5, 5.41) is 11.6. The quantitative estimate of drug-likeness (QED) is 0.868. The Labute approximate surface area is 122 Å². The maximum atomic E-state index is 5.75. The third kappa shape index (κ3) is 3.51. The van der Waals surface area contributed by atoms with Crippen molar-refractivity contribution in [1.82, 2.24) is 15.5 Å². The molecule has 2 heterocycles. The summed E-state index contributed by atoms with van der Waals surface area (Å²) in [4.78, 5) is 2.23. The monoisotopic (exact) mass is 280 g/mol. The average molecular weight is 280 g/mol. The second-order valence-corrected chi connectivity index (χ2v) is 6.21. The number of piperidine rings is 1. The standard InChI is InChI=1S/C15H28N4O/c1-5-15(6-2)7-9-19(10-8-15)14-18-17-13(20-14)11-16-12(3)4/h12,16H,5-11H2,1-4H3. The minimum Gasteiger partial charge on any atom is -0.407 e. The Balaban J connectivity index is 1.90. The van der Waals surface area contributed by atoms with Gasteiger partial charge in [0, 0.05) is 19.1 Å². The van der Waals surface area contributed by atoms with Crippen LogP contribution in [0.15, 0.2) is 4.42 Å². The van der Waals surface area contributed by atoms with Crippen LogP contribution in [0, 0.1) is 5.41 Å². The molecule has 114 valence electrons. The van der Waals surface area contributed by atoms with E-state index >= 15 is 0 Å². The Morgan fingerprint density at radius 3 is 2.40 bits per heavy atom. The Morgan fingerprint density at radius 1 is 1.20 bits per heavy atom. The van der Waals surface area contributed by atoms with Crippen molar-refractivity contribution < 1.29 is 4.42 Å². The van der Waals surface area contributed by atoms with Crippen molar-refractivity contribution in [3.05, 3.63) is 5.89 Å². The molecule has 1 saturated heterocycles. The molecule has 1 aliphatic heterocycles. The van der Waals surface area contributed by atoms with Crippen molar-refractivity contribution in [1.29, 1.82) is 0 Å². The zero-order valence-corrected chi connectivity index (χ0v) is 13.3. The number of nitrogens with zero attached hydrogens (tertiary/aromatic N) is 3. The Hall–Kier alpha value is -1.10. The van der Waals surface area contributed by atoms with Gasteiger partial charge in [-0.15, -0.1) is 5.10 Å². The lowest BCUT2D eigenvalue weighted by Gasteiger charge is -2.40. The maximum absolute atomic E-state index is 5.75. The van der Waals surface area contributed by atoms with Crippen molar-refractivity contribution in [2.75, 3.05) is 18.0 Å². The summed E-state index contributed by atoms with van der Waals surface area (Å²) in [6, 6.07) is 1.11. The lowest BCUT2D eigenvalue weighted by molar-refractivity contribution is 0.196. The van der Waals surface area contributed by atoms with Gasteiger partial charge in [-0.25, -0.2) is 0 Å². The molecule has 0 aromatic carbocycles. The van der Waals surface area contributed by atoms with Gasteiger partial charge >= 0.3 is 6.01 Å². The molecule has 1 aromatic heterocycles. The molecule has 1 fully saturated rings. The van der Waals surface area contributed by atoms with Crippen molar-refractivity contribution in [3.63, 3.8) is 0 Å². The highest BCUT2D eigenvalue weighted by atomic mass is 16.4. The highest BCUT2D eigenvalue weighted by molar-refractivity contribution is 5.25. The molecule has 0 unspecified atom stereocenters. The van der Waals surface area contributed by atoms with Gasteiger partial charge < -0.3 is 14.6 Å². The molecule has 0 saturated carbocycles. The smallest absolute Gasteiger partial charge is 0.318 e. The van der Waals surface area contributed by atoms with E-state index in [-0.39, 0.29) is 0 Å². The third-order valence-electron chi connectivity index (χ3n) is 4.71. The van der Waals surface area contributed by atoms with Crippen molar-refractivity contribution in [2.24, 2.45) is 5.41 Å². The first-order chi connectivity index (χ1) is 9.58. The number of anilines is 1. The van der Waals surface area contributed by atoms with Crippen molar-refractivity contribution >= 4 is 6.01 Å². The predicted octanol–water partition coefficient (Wildman–Crippen LogP) is 2.97. The molecule has 1 aromatic rings. The molecule has 2 rings (SSSR count). The fourth-order valence-electron chi connectivity index (χ4n) is 2.86. The summed E-state index contributed by atoms with van der Waals surface area (Å²) in [5.41, 5.74) is 0.526. The number of hydrogen-bond donors (Lipinski definition) is 1. The average Bonchev–Trinajstić information content (AvgIpc) is 2.94. The summed E-state index contributed by atoms with van der Waals surface area (Å²) in [5.74, 6) is 0.677. The van der Waals surface area contributed by atoms with Gasteiger partial charge in [0.05, 0.1) is 6.54 Å². The molecule has 0 spiro atoms. The van der Waals surface area contributed by atoms with E-state index < -0.39 is 0 Å². The molecule has 5 nitrogen and oxygen atoms in total. The van der Waals surface area contributed by atoms with Crippen LogP contribution in [-0.4, -0.2) is 29.3 Å². The fourth-order valence-corrected chi connectivity index (χ4v) is 2.86. The van der Waals surface area contributed by atoms with Gasteiger partial charge in [-0.1, -0.05) is 45.6 Å². The van der Waals surface area contributed by atoms with Crippen LogP contribution in [-0.2, 0) is 6.54 Å². The first-order valence-corrected chi connectivity index (χ1v) is 7.89. The van der Waals surface area contributed by atoms with E-state index in [1.807, 2.05) is 0 Å². The molecule has 0 amide bonds. The molecule has 1 aliphatic rings. The summed E-state index contributed by atoms with van der Waals surface area (Å²) < 4.78 is 5.75. The van der Waals surface area contributed by atoms with E-state index in [0.29, 0.717) is 29.9 Å². The molecule has 1 N–H and O–H groups in total. The molecule has 0 aliphatic carbocycles. The van der Waals surface area contributed by atoms with Gasteiger partial charge in [-0.05, 0) is 18.3 Å². The number of nitrogens with one attached hydrogen (secondary N) is 1. The Kier molecular flexibility index (Phi) is 5.02. The van der Waals surface area contributed by atoms with Crippen LogP contribution in [0.4, 0.5) is 6.01 Å². The van der Waals surface area contributed by atoms with E-state index in [4.69, 9.17) is 4.42 Å². The lowest BCUT2D eigenvalue weighted by Crippen LogP contribution is -2.39. The zero-order chi connectivity index (χ0) is 14.6. The predicted molar refractivity (Wildman–Crippen MR) is 80.7 cm³/mol. The largest absolute Gasteiger partial charge is 0.407 e. The van der Waals surface area contributed by atoms with E-state index in [0.717, 1.165) is 13.1 Å². The second-order valence-electron chi connectivity index (χ2n) is 6.21. The first kappa shape index (κ1) is 15.3. The third-order valence-corrected chi connectivity index (χ3v) is 4.71. The van der Waals surface area contributed by atoms with Crippen LogP contribution in [0.1, 0.15) is 59.3 Å². The van der Waals surface area contributed by atoms with Crippen LogP contribution in [0.25, 0.3) is 0 Å². The number of aromatic nitrogens is 2. The molecule has 0 bridgehead atoms. The summed E-state index contributed by atoms with van der Waals surface area (Å²) in [6.07, 6.45) is 4.99. The van der Waals surface area contributed by atoms with E-state index in [1.165, 1.54) is 25.7 Å². The van der Waals surface area contributed by atoms with E-state index in [1.54, 1.807) is 0 Å². The highest BCUT2D eigenvalue weighted by Gasteiger charge is 2.32. The van der Waals surface area contributed by atoms with Gasteiger partial charge in [0.2, 0.25) is 5.89 Å². The molecule has 0 atom stereocenters. The minimum absolute atomic E-state index is 0.426. The zero-order valence-electron chi connectivity index (χ0n) is 13.3. The topological polar surface area (TPSA) is 54.2 Å². The minimum atomic E-state index is 0.426. The first-order valence-electron chi connectivity index (χ1n) is 7.89. The second kappa shape index (κ2) is 6.57. The van der Waals surface area contributed by atoms with Gasteiger partial charge in [-0.3, -0.25) is 0 Å². The lowest BCUT2D eigenvalue weighted by atomic mass is 9.74. The van der Waals surface area contributed by atoms with Crippen LogP contribution in [0.2, 0.25) is 0 Å². The summed E-state index contributed by atoms with van der Waals surface area (Å²) in [7, 11) is 0. The molecular weight excluding hydrogens is 252 g/mol. The summed E-state index contributed by atoms with van der Waals surface area (Å²) >= 11 is 0. The van der Waals surface area contributed by atoms with Crippen LogP contribution in [0.3, 0.4) is 0 Å². The van der Waals surface area contributed by atoms with Crippen molar-refractivity contribution in [3.8, 4) is 0 Å². The molecule has 5 heteroatoms. The van der Waals surface area contributed by atoms with Crippen LogP contribution >= 0.6 is 0 Å². The maximum Gasteiger partial charge on any atom is 0.318 e. The Morgan fingerprint density at radius 2 is 1.85 bits per heavy atom.